The quantitative estimate of drug-likeness (QED) is 0.756. The number of carbonyl (C=O) groups excluding carboxylic acids is 1. The molecule has 0 radical (unpaired) electrons. The summed E-state index contributed by atoms with van der Waals surface area (Å²) in [4.78, 5) is 16.3. The molecule has 1 amide bonds. The maximum absolute atomic E-state index is 11.7. The molecule has 0 bridgehead atoms. The van der Waals surface area contributed by atoms with Crippen LogP contribution in [0.4, 0.5) is 0 Å². The van der Waals surface area contributed by atoms with E-state index in [-0.39, 0.29) is 0 Å². The van der Waals surface area contributed by atoms with Crippen molar-refractivity contribution in [3.63, 3.8) is 0 Å². The molecule has 0 N–H and O–H groups in total. The molecular formula is C13H24N2OS. The molecule has 0 saturated carbocycles. The summed E-state index contributed by atoms with van der Waals surface area (Å²) in [6, 6.07) is 0. The van der Waals surface area contributed by atoms with Crippen LogP contribution < -0.4 is 0 Å². The molecule has 0 spiro atoms. The summed E-state index contributed by atoms with van der Waals surface area (Å²) in [5.41, 5.74) is 0. The van der Waals surface area contributed by atoms with Gasteiger partial charge >= 0.3 is 0 Å². The first-order valence-corrected chi connectivity index (χ1v) is 7.54. The van der Waals surface area contributed by atoms with Crippen molar-refractivity contribution in [3.05, 3.63) is 0 Å². The molecule has 0 aromatic carbocycles. The van der Waals surface area contributed by atoms with E-state index in [0.29, 0.717) is 18.2 Å². The molecule has 2 saturated heterocycles. The zero-order valence-electron chi connectivity index (χ0n) is 10.6. The molecule has 0 aromatic heterocycles. The Kier molecular flexibility index (Phi) is 5.16. The summed E-state index contributed by atoms with van der Waals surface area (Å²) < 4.78 is 0. The van der Waals surface area contributed by atoms with Gasteiger partial charge in [0.05, 0.1) is 0 Å². The van der Waals surface area contributed by atoms with E-state index in [1.165, 1.54) is 32.4 Å². The Labute approximate surface area is 110 Å². The third-order valence-electron chi connectivity index (χ3n) is 3.90. The van der Waals surface area contributed by atoms with Gasteiger partial charge in [-0.15, -0.1) is 0 Å². The number of rotatable bonds is 5. The van der Waals surface area contributed by atoms with Gasteiger partial charge in [-0.1, -0.05) is 6.42 Å². The Morgan fingerprint density at radius 2 is 1.94 bits per heavy atom. The minimum Gasteiger partial charge on any atom is -0.342 e. The number of thiol groups is 1. The smallest absolute Gasteiger partial charge is 0.222 e. The normalized spacial score (nSPS) is 26.8. The van der Waals surface area contributed by atoms with Crippen molar-refractivity contribution in [2.45, 2.75) is 32.1 Å². The van der Waals surface area contributed by atoms with Gasteiger partial charge in [0.2, 0.25) is 5.91 Å². The molecule has 4 heteroatoms. The molecule has 2 aliphatic heterocycles. The minimum absolute atomic E-state index is 0.336. The van der Waals surface area contributed by atoms with Gasteiger partial charge < -0.3 is 9.80 Å². The number of likely N-dealkylation sites (tertiary alicyclic amines) is 2. The van der Waals surface area contributed by atoms with Crippen molar-refractivity contribution in [2.24, 2.45) is 5.92 Å². The molecule has 17 heavy (non-hydrogen) atoms. The zero-order chi connectivity index (χ0) is 12.1. The first kappa shape index (κ1) is 13.2. The summed E-state index contributed by atoms with van der Waals surface area (Å²) in [6.45, 7) is 5.55. The number of hydrogen-bond acceptors (Lipinski definition) is 3. The van der Waals surface area contributed by atoms with Crippen molar-refractivity contribution < 1.29 is 4.79 Å². The zero-order valence-corrected chi connectivity index (χ0v) is 11.5. The van der Waals surface area contributed by atoms with Crippen LogP contribution in [0.25, 0.3) is 0 Å². The topological polar surface area (TPSA) is 23.6 Å². The number of carbonyl (C=O) groups is 1. The van der Waals surface area contributed by atoms with Crippen molar-refractivity contribution in [1.29, 1.82) is 0 Å². The highest BCUT2D eigenvalue weighted by Crippen LogP contribution is 2.19. The average Bonchev–Trinajstić information content (AvgIpc) is 2.72. The van der Waals surface area contributed by atoms with Crippen LogP contribution in [0.1, 0.15) is 32.1 Å². The Hall–Kier alpha value is -0.220. The molecule has 1 atom stereocenters. The van der Waals surface area contributed by atoms with Gasteiger partial charge in [0.1, 0.15) is 0 Å². The van der Waals surface area contributed by atoms with E-state index >= 15 is 0 Å². The van der Waals surface area contributed by atoms with E-state index in [9.17, 15) is 4.79 Å². The summed E-state index contributed by atoms with van der Waals surface area (Å²) in [5.74, 6) is 1.66. The van der Waals surface area contributed by atoms with Crippen LogP contribution >= 0.6 is 12.6 Å². The fourth-order valence-electron chi connectivity index (χ4n) is 2.86. The van der Waals surface area contributed by atoms with E-state index < -0.39 is 0 Å². The maximum Gasteiger partial charge on any atom is 0.222 e. The van der Waals surface area contributed by atoms with E-state index in [1.807, 2.05) is 4.90 Å². The Balaban J connectivity index is 1.63. The van der Waals surface area contributed by atoms with Gasteiger partial charge in [0, 0.05) is 19.5 Å². The first-order chi connectivity index (χ1) is 8.29. The second kappa shape index (κ2) is 6.64. The fraction of sp³-hybridized carbons (Fsp3) is 0.923. The molecule has 3 nitrogen and oxygen atoms in total. The summed E-state index contributed by atoms with van der Waals surface area (Å²) in [6.07, 6.45) is 5.94. The van der Waals surface area contributed by atoms with Crippen LogP contribution in [0.5, 0.6) is 0 Å². The van der Waals surface area contributed by atoms with E-state index in [2.05, 4.69) is 17.5 Å². The Bertz CT molecular complexity index is 254. The summed E-state index contributed by atoms with van der Waals surface area (Å²) >= 11 is 4.28. The van der Waals surface area contributed by atoms with Crippen LogP contribution in [0.15, 0.2) is 0 Å². The molecule has 2 heterocycles. The highest BCUT2D eigenvalue weighted by Gasteiger charge is 2.27. The first-order valence-electron chi connectivity index (χ1n) is 6.90. The van der Waals surface area contributed by atoms with E-state index in [4.69, 9.17) is 0 Å². The largest absolute Gasteiger partial charge is 0.342 e. The number of amides is 1. The van der Waals surface area contributed by atoms with Crippen LogP contribution in [-0.4, -0.2) is 54.2 Å². The lowest BCUT2D eigenvalue weighted by atomic mass is 10.1. The summed E-state index contributed by atoms with van der Waals surface area (Å²) in [5, 5.41) is 0. The molecular weight excluding hydrogens is 232 g/mol. The van der Waals surface area contributed by atoms with Gasteiger partial charge in [0.15, 0.2) is 0 Å². The van der Waals surface area contributed by atoms with Crippen molar-refractivity contribution in [2.75, 3.05) is 38.5 Å². The van der Waals surface area contributed by atoms with E-state index in [0.717, 1.165) is 31.8 Å². The lowest BCUT2D eigenvalue weighted by Gasteiger charge is -2.27. The SMILES string of the molecule is O=C1CC(CS)CN1CCCN1CCCCC1. The Morgan fingerprint density at radius 3 is 2.59 bits per heavy atom. The lowest BCUT2D eigenvalue weighted by molar-refractivity contribution is -0.127. The average molecular weight is 256 g/mol. The van der Waals surface area contributed by atoms with Gasteiger partial charge in [-0.2, -0.15) is 12.6 Å². The van der Waals surface area contributed by atoms with Gasteiger partial charge in [-0.25, -0.2) is 0 Å². The lowest BCUT2D eigenvalue weighted by Crippen LogP contribution is -2.34. The second-order valence-corrected chi connectivity index (χ2v) is 5.71. The Morgan fingerprint density at radius 1 is 1.18 bits per heavy atom. The van der Waals surface area contributed by atoms with Gasteiger partial charge in [-0.05, 0) is 50.6 Å². The minimum atomic E-state index is 0.336. The van der Waals surface area contributed by atoms with Crippen molar-refractivity contribution in [1.82, 2.24) is 9.80 Å². The van der Waals surface area contributed by atoms with Gasteiger partial charge in [0.25, 0.3) is 0 Å². The predicted octanol–water partition coefficient (Wildman–Crippen LogP) is 1.64. The van der Waals surface area contributed by atoms with E-state index in [1.54, 1.807) is 0 Å². The van der Waals surface area contributed by atoms with Crippen LogP contribution in [0.2, 0.25) is 0 Å². The van der Waals surface area contributed by atoms with Gasteiger partial charge in [-0.3, -0.25) is 4.79 Å². The summed E-state index contributed by atoms with van der Waals surface area (Å²) in [7, 11) is 0. The molecule has 0 aromatic rings. The molecule has 0 aliphatic carbocycles. The van der Waals surface area contributed by atoms with Crippen molar-refractivity contribution in [3.8, 4) is 0 Å². The highest BCUT2D eigenvalue weighted by molar-refractivity contribution is 7.80. The fourth-order valence-corrected chi connectivity index (χ4v) is 3.11. The monoisotopic (exact) mass is 256 g/mol. The number of hydrogen-bond donors (Lipinski definition) is 1. The molecule has 2 aliphatic rings. The predicted molar refractivity (Wildman–Crippen MR) is 73.4 cm³/mol. The highest BCUT2D eigenvalue weighted by atomic mass is 32.1. The van der Waals surface area contributed by atoms with Crippen LogP contribution in [-0.2, 0) is 4.79 Å². The third kappa shape index (κ3) is 3.88. The maximum atomic E-state index is 11.7. The molecule has 98 valence electrons. The number of nitrogens with zero attached hydrogens (tertiary/aromatic N) is 2. The molecule has 2 fully saturated rings. The molecule has 2 rings (SSSR count). The van der Waals surface area contributed by atoms with Crippen LogP contribution in [0, 0.1) is 5.92 Å². The number of piperidine rings is 1. The standard InChI is InChI=1S/C13H24N2OS/c16-13-9-12(11-17)10-15(13)8-4-7-14-5-2-1-3-6-14/h12,17H,1-11H2. The second-order valence-electron chi connectivity index (χ2n) is 5.35. The third-order valence-corrected chi connectivity index (χ3v) is 4.42. The van der Waals surface area contributed by atoms with Crippen molar-refractivity contribution >= 4 is 18.5 Å². The molecule has 1 unspecified atom stereocenters. The van der Waals surface area contributed by atoms with Crippen LogP contribution in [0.3, 0.4) is 0 Å².